The van der Waals surface area contributed by atoms with Gasteiger partial charge in [-0.1, -0.05) is 23.7 Å². The molecule has 1 heterocycles. The highest BCUT2D eigenvalue weighted by Crippen LogP contribution is 2.24. The molecule has 0 aliphatic carbocycles. The summed E-state index contributed by atoms with van der Waals surface area (Å²) < 4.78 is 0. The molecule has 2 rings (SSSR count). The molecule has 98 valence electrons. The molecule has 1 amide bonds. The van der Waals surface area contributed by atoms with Crippen LogP contribution in [0.3, 0.4) is 0 Å². The van der Waals surface area contributed by atoms with Crippen LogP contribution in [0.2, 0.25) is 5.02 Å². The van der Waals surface area contributed by atoms with E-state index in [1.807, 2.05) is 24.0 Å². The lowest BCUT2D eigenvalue weighted by atomic mass is 9.97. The van der Waals surface area contributed by atoms with Crippen LogP contribution in [0.4, 0.5) is 0 Å². The fourth-order valence-electron chi connectivity index (χ4n) is 2.30. The number of benzene rings is 1. The first-order chi connectivity index (χ1) is 8.63. The number of aliphatic hydroxyl groups is 1. The number of aryl methyl sites for hydroxylation is 1. The highest BCUT2D eigenvalue weighted by atomic mass is 35.5. The van der Waals surface area contributed by atoms with Crippen molar-refractivity contribution >= 4 is 17.5 Å². The van der Waals surface area contributed by atoms with Crippen LogP contribution in [0.15, 0.2) is 18.2 Å². The SMILES string of the molecule is Cc1cccc(C(=O)N2CCC(CO)CC2)c1Cl. The van der Waals surface area contributed by atoms with E-state index in [1.54, 1.807) is 6.07 Å². The zero-order valence-electron chi connectivity index (χ0n) is 10.5. The standard InChI is InChI=1S/C14H18ClNO2/c1-10-3-2-4-12(13(10)15)14(18)16-7-5-11(9-17)6-8-16/h2-4,11,17H,5-9H2,1H3. The third kappa shape index (κ3) is 2.68. The minimum absolute atomic E-state index is 0.0000831. The Hall–Kier alpha value is -1.06. The largest absolute Gasteiger partial charge is 0.396 e. The molecule has 0 atom stereocenters. The number of nitrogens with zero attached hydrogens (tertiary/aromatic N) is 1. The van der Waals surface area contributed by atoms with Crippen molar-refractivity contribution < 1.29 is 9.90 Å². The van der Waals surface area contributed by atoms with Crippen LogP contribution in [-0.4, -0.2) is 35.6 Å². The monoisotopic (exact) mass is 267 g/mol. The third-order valence-corrected chi connectivity index (χ3v) is 4.08. The summed E-state index contributed by atoms with van der Waals surface area (Å²) in [5.74, 6) is 0.335. The van der Waals surface area contributed by atoms with Gasteiger partial charge in [0.2, 0.25) is 0 Å². The summed E-state index contributed by atoms with van der Waals surface area (Å²) in [5, 5.41) is 9.64. The highest BCUT2D eigenvalue weighted by molar-refractivity contribution is 6.34. The molecule has 0 spiro atoms. The van der Waals surface area contributed by atoms with E-state index >= 15 is 0 Å². The van der Waals surface area contributed by atoms with Crippen molar-refractivity contribution in [2.45, 2.75) is 19.8 Å². The van der Waals surface area contributed by atoms with E-state index in [0.717, 1.165) is 18.4 Å². The lowest BCUT2D eigenvalue weighted by Gasteiger charge is -2.31. The van der Waals surface area contributed by atoms with Crippen LogP contribution in [0.5, 0.6) is 0 Å². The van der Waals surface area contributed by atoms with Gasteiger partial charge in [0.25, 0.3) is 5.91 Å². The molecule has 0 saturated carbocycles. The maximum atomic E-state index is 12.3. The first-order valence-electron chi connectivity index (χ1n) is 6.28. The van der Waals surface area contributed by atoms with Crippen LogP contribution in [0.25, 0.3) is 0 Å². The fraction of sp³-hybridized carbons (Fsp3) is 0.500. The molecule has 1 aromatic carbocycles. The number of rotatable bonds is 2. The summed E-state index contributed by atoms with van der Waals surface area (Å²) in [4.78, 5) is 14.2. The van der Waals surface area contributed by atoms with Crippen molar-refractivity contribution in [3.8, 4) is 0 Å². The third-order valence-electron chi connectivity index (χ3n) is 3.58. The van der Waals surface area contributed by atoms with E-state index in [2.05, 4.69) is 0 Å². The molecule has 1 aliphatic heterocycles. The molecule has 0 aromatic heterocycles. The van der Waals surface area contributed by atoms with Gasteiger partial charge in [-0.15, -0.1) is 0 Å². The fourth-order valence-corrected chi connectivity index (χ4v) is 2.51. The molecular formula is C14H18ClNO2. The van der Waals surface area contributed by atoms with Crippen LogP contribution in [0.1, 0.15) is 28.8 Å². The second-order valence-electron chi connectivity index (χ2n) is 4.85. The molecule has 1 N–H and O–H groups in total. The first-order valence-corrected chi connectivity index (χ1v) is 6.66. The zero-order valence-corrected chi connectivity index (χ0v) is 11.3. The molecule has 18 heavy (non-hydrogen) atoms. The summed E-state index contributed by atoms with van der Waals surface area (Å²) in [6.07, 6.45) is 1.73. The number of likely N-dealkylation sites (tertiary alicyclic amines) is 1. The minimum Gasteiger partial charge on any atom is -0.396 e. The number of hydrogen-bond acceptors (Lipinski definition) is 2. The van der Waals surface area contributed by atoms with Crippen molar-refractivity contribution in [2.75, 3.05) is 19.7 Å². The van der Waals surface area contributed by atoms with Crippen molar-refractivity contribution in [2.24, 2.45) is 5.92 Å². The topological polar surface area (TPSA) is 40.5 Å². The first kappa shape index (κ1) is 13.4. The number of halogens is 1. The van der Waals surface area contributed by atoms with E-state index in [-0.39, 0.29) is 12.5 Å². The summed E-state index contributed by atoms with van der Waals surface area (Å²) in [5.41, 5.74) is 1.51. The zero-order chi connectivity index (χ0) is 13.1. The normalized spacial score (nSPS) is 16.9. The number of hydrogen-bond donors (Lipinski definition) is 1. The molecule has 1 saturated heterocycles. The van der Waals surface area contributed by atoms with Gasteiger partial charge in [0.15, 0.2) is 0 Å². The van der Waals surface area contributed by atoms with E-state index in [1.165, 1.54) is 0 Å². The Morgan fingerprint density at radius 1 is 1.44 bits per heavy atom. The summed E-state index contributed by atoms with van der Waals surface area (Å²) in [7, 11) is 0. The van der Waals surface area contributed by atoms with Crippen LogP contribution in [0, 0.1) is 12.8 Å². The molecular weight excluding hydrogens is 250 g/mol. The second kappa shape index (κ2) is 5.72. The van der Waals surface area contributed by atoms with E-state index in [9.17, 15) is 4.79 Å². The molecule has 1 aliphatic rings. The van der Waals surface area contributed by atoms with Gasteiger partial charge >= 0.3 is 0 Å². The Balaban J connectivity index is 2.10. The van der Waals surface area contributed by atoms with Crippen LogP contribution >= 0.6 is 11.6 Å². The minimum atomic E-state index is 0.0000831. The van der Waals surface area contributed by atoms with E-state index < -0.39 is 0 Å². The average Bonchev–Trinajstić information content (AvgIpc) is 2.41. The second-order valence-corrected chi connectivity index (χ2v) is 5.23. The summed E-state index contributed by atoms with van der Waals surface area (Å²) in [6.45, 7) is 3.52. The quantitative estimate of drug-likeness (QED) is 0.894. The maximum absolute atomic E-state index is 12.3. The van der Waals surface area contributed by atoms with Crippen molar-refractivity contribution in [1.29, 1.82) is 0 Å². The van der Waals surface area contributed by atoms with Gasteiger partial charge in [0.05, 0.1) is 10.6 Å². The van der Waals surface area contributed by atoms with Crippen LogP contribution < -0.4 is 0 Å². The number of aliphatic hydroxyl groups excluding tert-OH is 1. The van der Waals surface area contributed by atoms with Gasteiger partial charge in [0, 0.05) is 19.7 Å². The summed E-state index contributed by atoms with van der Waals surface area (Å²) in [6, 6.07) is 5.53. The smallest absolute Gasteiger partial charge is 0.255 e. The number of carbonyl (C=O) groups is 1. The molecule has 4 heteroatoms. The Morgan fingerprint density at radius 2 is 2.11 bits per heavy atom. The predicted octanol–water partition coefficient (Wildman–Crippen LogP) is 2.49. The van der Waals surface area contributed by atoms with Crippen LogP contribution in [-0.2, 0) is 0 Å². The van der Waals surface area contributed by atoms with E-state index in [4.69, 9.17) is 16.7 Å². The number of carbonyl (C=O) groups excluding carboxylic acids is 1. The maximum Gasteiger partial charge on any atom is 0.255 e. The Morgan fingerprint density at radius 3 is 2.72 bits per heavy atom. The van der Waals surface area contributed by atoms with Gasteiger partial charge in [0.1, 0.15) is 0 Å². The van der Waals surface area contributed by atoms with Crippen molar-refractivity contribution in [3.63, 3.8) is 0 Å². The van der Waals surface area contributed by atoms with Gasteiger partial charge in [-0.25, -0.2) is 0 Å². The molecule has 1 aromatic rings. The van der Waals surface area contributed by atoms with Crippen molar-refractivity contribution in [1.82, 2.24) is 4.90 Å². The Kier molecular flexibility index (Phi) is 4.25. The van der Waals surface area contributed by atoms with Gasteiger partial charge in [-0.05, 0) is 37.3 Å². The van der Waals surface area contributed by atoms with Gasteiger partial charge in [-0.3, -0.25) is 4.79 Å². The molecule has 0 radical (unpaired) electrons. The molecule has 0 unspecified atom stereocenters. The van der Waals surface area contributed by atoms with Gasteiger partial charge in [-0.2, -0.15) is 0 Å². The lowest BCUT2D eigenvalue weighted by molar-refractivity contribution is 0.0651. The van der Waals surface area contributed by atoms with Gasteiger partial charge < -0.3 is 10.0 Å². The molecule has 0 bridgehead atoms. The summed E-state index contributed by atoms with van der Waals surface area (Å²) >= 11 is 6.18. The Labute approximate surface area is 112 Å². The number of piperidine rings is 1. The number of amides is 1. The molecule has 3 nitrogen and oxygen atoms in total. The highest BCUT2D eigenvalue weighted by Gasteiger charge is 2.24. The van der Waals surface area contributed by atoms with Crippen molar-refractivity contribution in [3.05, 3.63) is 34.3 Å². The molecule has 1 fully saturated rings. The average molecular weight is 268 g/mol. The Bertz CT molecular complexity index is 439. The van der Waals surface area contributed by atoms with E-state index in [0.29, 0.717) is 29.6 Å². The predicted molar refractivity (Wildman–Crippen MR) is 71.9 cm³/mol. The lowest BCUT2D eigenvalue weighted by Crippen LogP contribution is -2.39.